The van der Waals surface area contributed by atoms with E-state index in [4.69, 9.17) is 9.15 Å². The Morgan fingerprint density at radius 3 is 2.85 bits per heavy atom. The van der Waals surface area contributed by atoms with E-state index in [2.05, 4.69) is 10.2 Å². The number of aryl methyl sites for hydroxylation is 1. The van der Waals surface area contributed by atoms with Gasteiger partial charge in [-0.05, 0) is 25.5 Å². The second kappa shape index (κ2) is 5.47. The Balaban J connectivity index is 2.44. The Hall–Kier alpha value is -2.77. The quantitative estimate of drug-likeness (QED) is 0.478. The maximum absolute atomic E-state index is 11.4. The van der Waals surface area contributed by atoms with Crippen molar-refractivity contribution in [2.24, 2.45) is 0 Å². The van der Waals surface area contributed by atoms with Gasteiger partial charge in [-0.1, -0.05) is 6.07 Å². The lowest BCUT2D eigenvalue weighted by Crippen LogP contribution is -2.04. The molecule has 1 heterocycles. The van der Waals surface area contributed by atoms with Crippen molar-refractivity contribution in [2.75, 3.05) is 6.61 Å². The number of carbonyl (C=O) groups is 1. The van der Waals surface area contributed by atoms with Gasteiger partial charge >= 0.3 is 11.9 Å². The fraction of sp³-hybridized carbons (Fsp3) is 0.250. The maximum Gasteiger partial charge on any atom is 0.396 e. The Bertz CT molecular complexity index is 665. The lowest BCUT2D eigenvalue weighted by atomic mass is 10.1. The normalized spacial score (nSPS) is 10.3. The smallest absolute Gasteiger partial charge is 0.396 e. The molecule has 0 radical (unpaired) electrons. The van der Waals surface area contributed by atoms with Crippen molar-refractivity contribution in [3.05, 3.63) is 39.8 Å². The van der Waals surface area contributed by atoms with Crippen LogP contribution in [0, 0.1) is 17.0 Å². The molecule has 0 aliphatic heterocycles. The number of hydrogen-bond donors (Lipinski definition) is 0. The fourth-order valence-electron chi connectivity index (χ4n) is 1.59. The number of ether oxygens (including phenoxy) is 1. The molecule has 8 nitrogen and oxygen atoms in total. The van der Waals surface area contributed by atoms with Crippen molar-refractivity contribution >= 4 is 11.7 Å². The molecule has 0 spiro atoms. The van der Waals surface area contributed by atoms with Crippen molar-refractivity contribution in [1.82, 2.24) is 10.2 Å². The zero-order valence-corrected chi connectivity index (χ0v) is 10.8. The number of benzene rings is 1. The molecule has 0 bridgehead atoms. The average Bonchev–Trinajstić information content (AvgIpc) is 2.88. The third kappa shape index (κ3) is 2.63. The second-order valence-electron chi connectivity index (χ2n) is 3.91. The van der Waals surface area contributed by atoms with Gasteiger partial charge in [0.15, 0.2) is 0 Å². The van der Waals surface area contributed by atoms with Crippen molar-refractivity contribution in [3.63, 3.8) is 0 Å². The molecule has 0 amide bonds. The van der Waals surface area contributed by atoms with Crippen molar-refractivity contribution < 1.29 is 18.9 Å². The van der Waals surface area contributed by atoms with Crippen LogP contribution in [0.4, 0.5) is 5.69 Å². The molecule has 0 aliphatic rings. The number of aromatic nitrogens is 2. The van der Waals surface area contributed by atoms with Crippen LogP contribution in [-0.4, -0.2) is 27.7 Å². The Labute approximate surface area is 113 Å². The van der Waals surface area contributed by atoms with Crippen molar-refractivity contribution in [3.8, 4) is 11.5 Å². The molecule has 0 atom stereocenters. The fourth-order valence-corrected chi connectivity index (χ4v) is 1.59. The highest BCUT2D eigenvalue weighted by Gasteiger charge is 2.23. The van der Waals surface area contributed by atoms with E-state index in [-0.39, 0.29) is 29.6 Å². The summed E-state index contributed by atoms with van der Waals surface area (Å²) in [6.07, 6.45) is 0. The van der Waals surface area contributed by atoms with Crippen molar-refractivity contribution in [1.29, 1.82) is 0 Å². The van der Waals surface area contributed by atoms with Crippen LogP contribution >= 0.6 is 0 Å². The first kappa shape index (κ1) is 13.7. The predicted molar refractivity (Wildman–Crippen MR) is 67.1 cm³/mol. The van der Waals surface area contributed by atoms with Gasteiger partial charge in [-0.25, -0.2) is 4.79 Å². The van der Waals surface area contributed by atoms with Gasteiger partial charge in [0.25, 0.3) is 11.6 Å². The molecular weight excluding hydrogens is 266 g/mol. The SMILES string of the molecule is CCOC(=O)c1nnc(-c2cc(C)ccc2[N+](=O)[O-])o1. The Morgan fingerprint density at radius 2 is 2.20 bits per heavy atom. The summed E-state index contributed by atoms with van der Waals surface area (Å²) in [6, 6.07) is 4.49. The summed E-state index contributed by atoms with van der Waals surface area (Å²) < 4.78 is 9.84. The largest absolute Gasteiger partial charge is 0.459 e. The third-order valence-corrected chi connectivity index (χ3v) is 2.45. The average molecular weight is 277 g/mol. The van der Waals surface area contributed by atoms with E-state index in [1.54, 1.807) is 26.0 Å². The molecule has 0 aliphatic carbocycles. The van der Waals surface area contributed by atoms with Crippen LogP contribution < -0.4 is 0 Å². The van der Waals surface area contributed by atoms with Crippen LogP contribution in [0.15, 0.2) is 22.6 Å². The summed E-state index contributed by atoms with van der Waals surface area (Å²) in [7, 11) is 0. The molecule has 20 heavy (non-hydrogen) atoms. The number of nitrogens with zero attached hydrogens (tertiary/aromatic N) is 3. The highest BCUT2D eigenvalue weighted by molar-refractivity contribution is 5.84. The molecular formula is C12H11N3O5. The monoisotopic (exact) mass is 277 g/mol. The number of hydrogen-bond acceptors (Lipinski definition) is 7. The zero-order valence-electron chi connectivity index (χ0n) is 10.8. The van der Waals surface area contributed by atoms with Gasteiger partial charge in [0.1, 0.15) is 5.56 Å². The summed E-state index contributed by atoms with van der Waals surface area (Å²) >= 11 is 0. The number of esters is 1. The van der Waals surface area contributed by atoms with Gasteiger partial charge in [-0.2, -0.15) is 0 Å². The molecule has 0 fully saturated rings. The molecule has 1 aromatic heterocycles. The standard InChI is InChI=1S/C12H11N3O5/c1-3-19-12(16)11-14-13-10(20-11)8-6-7(2)4-5-9(8)15(17)18/h4-6H,3H2,1-2H3. The first-order chi connectivity index (χ1) is 9.52. The lowest BCUT2D eigenvalue weighted by molar-refractivity contribution is -0.384. The summed E-state index contributed by atoms with van der Waals surface area (Å²) in [6.45, 7) is 3.58. The molecule has 1 aromatic carbocycles. The van der Waals surface area contributed by atoms with Gasteiger partial charge in [0.2, 0.25) is 0 Å². The van der Waals surface area contributed by atoms with Gasteiger partial charge in [-0.3, -0.25) is 10.1 Å². The van der Waals surface area contributed by atoms with Crippen molar-refractivity contribution in [2.45, 2.75) is 13.8 Å². The molecule has 2 aromatic rings. The zero-order chi connectivity index (χ0) is 14.7. The number of rotatable bonds is 4. The summed E-state index contributed by atoms with van der Waals surface area (Å²) in [5, 5.41) is 18.2. The molecule has 104 valence electrons. The van der Waals surface area contributed by atoms with E-state index in [1.807, 2.05) is 0 Å². The minimum Gasteiger partial charge on any atom is -0.459 e. The number of nitro groups is 1. The van der Waals surface area contributed by atoms with Gasteiger partial charge in [-0.15, -0.1) is 10.2 Å². The first-order valence-corrected chi connectivity index (χ1v) is 5.79. The Morgan fingerprint density at radius 1 is 1.45 bits per heavy atom. The predicted octanol–water partition coefficient (Wildman–Crippen LogP) is 2.13. The highest BCUT2D eigenvalue weighted by atomic mass is 16.6. The summed E-state index contributed by atoms with van der Waals surface area (Å²) in [5.41, 5.74) is 0.786. The maximum atomic E-state index is 11.4. The lowest BCUT2D eigenvalue weighted by Gasteiger charge is -1.99. The van der Waals surface area contributed by atoms with Crippen LogP contribution in [0.1, 0.15) is 23.2 Å². The van der Waals surface area contributed by atoms with Crippen LogP contribution in [0.5, 0.6) is 0 Å². The van der Waals surface area contributed by atoms with E-state index in [9.17, 15) is 14.9 Å². The Kier molecular flexibility index (Phi) is 3.74. The first-order valence-electron chi connectivity index (χ1n) is 5.79. The highest BCUT2D eigenvalue weighted by Crippen LogP contribution is 2.29. The van der Waals surface area contributed by atoms with E-state index in [1.165, 1.54) is 6.07 Å². The number of carbonyl (C=O) groups excluding carboxylic acids is 1. The van der Waals surface area contributed by atoms with Crippen LogP contribution in [0.2, 0.25) is 0 Å². The molecule has 2 rings (SSSR count). The summed E-state index contributed by atoms with van der Waals surface area (Å²) in [5.74, 6) is -1.19. The van der Waals surface area contributed by atoms with E-state index in [0.717, 1.165) is 5.56 Å². The van der Waals surface area contributed by atoms with E-state index >= 15 is 0 Å². The third-order valence-electron chi connectivity index (χ3n) is 2.45. The molecule has 8 heteroatoms. The topological polar surface area (TPSA) is 108 Å². The number of nitro benzene ring substituents is 1. The second-order valence-corrected chi connectivity index (χ2v) is 3.91. The van der Waals surface area contributed by atoms with Crippen LogP contribution in [-0.2, 0) is 4.74 Å². The molecule has 0 saturated carbocycles. The minimum absolute atomic E-state index is 0.0940. The van der Waals surface area contributed by atoms with Gasteiger partial charge in [0.05, 0.1) is 11.5 Å². The molecule has 0 saturated heterocycles. The minimum atomic E-state index is -0.762. The van der Waals surface area contributed by atoms with E-state index in [0.29, 0.717) is 0 Å². The summed E-state index contributed by atoms with van der Waals surface area (Å²) in [4.78, 5) is 21.8. The van der Waals surface area contributed by atoms with E-state index < -0.39 is 10.9 Å². The molecule has 0 N–H and O–H groups in total. The van der Waals surface area contributed by atoms with Gasteiger partial charge < -0.3 is 9.15 Å². The molecule has 0 unspecified atom stereocenters. The van der Waals surface area contributed by atoms with Crippen LogP contribution in [0.25, 0.3) is 11.5 Å². The van der Waals surface area contributed by atoms with Crippen LogP contribution in [0.3, 0.4) is 0 Å². The van der Waals surface area contributed by atoms with Gasteiger partial charge in [0, 0.05) is 6.07 Å².